The lowest BCUT2D eigenvalue weighted by atomic mass is 10.2. The number of hydrogen-bond donors (Lipinski definition) is 2. The summed E-state index contributed by atoms with van der Waals surface area (Å²) < 4.78 is 35.8. The van der Waals surface area contributed by atoms with Gasteiger partial charge in [-0.1, -0.05) is 0 Å². The molecule has 0 fully saturated rings. The number of rotatable bonds is 7. The fourth-order valence-corrected chi connectivity index (χ4v) is 2.10. The molecule has 0 atom stereocenters. The molecule has 112 valence electrons. The van der Waals surface area contributed by atoms with E-state index in [4.69, 9.17) is 5.11 Å². The first-order valence-electron chi connectivity index (χ1n) is 5.79. The SMILES string of the molecule is O=C(O)CCCc1csc(NC(=O)CCC(F)(F)F)n1. The third kappa shape index (κ3) is 7.07. The molecule has 1 aromatic heterocycles. The number of alkyl halides is 3. The van der Waals surface area contributed by atoms with E-state index in [2.05, 4.69) is 10.3 Å². The topological polar surface area (TPSA) is 79.3 Å². The van der Waals surface area contributed by atoms with Gasteiger partial charge in [0.1, 0.15) is 0 Å². The molecule has 0 aliphatic rings. The summed E-state index contributed by atoms with van der Waals surface area (Å²) in [4.78, 5) is 25.6. The first kappa shape index (κ1) is 16.4. The standard InChI is InChI=1S/C11H13F3N2O3S/c12-11(13,14)5-4-8(17)16-10-15-7(6-20-10)2-1-3-9(18)19/h6H,1-5H2,(H,18,19)(H,15,16,17). The number of carboxylic acids is 1. The molecule has 2 N–H and O–H groups in total. The smallest absolute Gasteiger partial charge is 0.389 e. The maximum absolute atomic E-state index is 11.9. The molecule has 0 unspecified atom stereocenters. The van der Waals surface area contributed by atoms with E-state index in [9.17, 15) is 22.8 Å². The highest BCUT2D eigenvalue weighted by Crippen LogP contribution is 2.22. The molecule has 1 rings (SSSR count). The van der Waals surface area contributed by atoms with Gasteiger partial charge in [0.2, 0.25) is 5.91 Å². The van der Waals surface area contributed by atoms with Crippen LogP contribution >= 0.6 is 11.3 Å². The van der Waals surface area contributed by atoms with Gasteiger partial charge in [-0.15, -0.1) is 11.3 Å². The van der Waals surface area contributed by atoms with Gasteiger partial charge in [-0.2, -0.15) is 13.2 Å². The average Bonchev–Trinajstić information content (AvgIpc) is 2.73. The summed E-state index contributed by atoms with van der Waals surface area (Å²) in [7, 11) is 0. The van der Waals surface area contributed by atoms with Crippen molar-refractivity contribution in [2.24, 2.45) is 0 Å². The molecular formula is C11H13F3N2O3S. The van der Waals surface area contributed by atoms with E-state index in [1.807, 2.05) is 0 Å². The van der Waals surface area contributed by atoms with E-state index in [-0.39, 0.29) is 11.6 Å². The lowest BCUT2D eigenvalue weighted by molar-refractivity contribution is -0.142. The molecule has 5 nitrogen and oxygen atoms in total. The van der Waals surface area contributed by atoms with Crippen molar-refractivity contribution in [1.29, 1.82) is 0 Å². The van der Waals surface area contributed by atoms with Crippen molar-refractivity contribution in [3.8, 4) is 0 Å². The Labute approximate surface area is 116 Å². The average molecular weight is 310 g/mol. The van der Waals surface area contributed by atoms with Crippen LogP contribution in [0.5, 0.6) is 0 Å². The quantitative estimate of drug-likeness (QED) is 0.811. The highest BCUT2D eigenvalue weighted by atomic mass is 32.1. The number of anilines is 1. The molecular weight excluding hydrogens is 297 g/mol. The van der Waals surface area contributed by atoms with Crippen LogP contribution in [-0.4, -0.2) is 28.1 Å². The number of thiazole rings is 1. The largest absolute Gasteiger partial charge is 0.481 e. The summed E-state index contributed by atoms with van der Waals surface area (Å²) >= 11 is 1.10. The molecule has 1 amide bonds. The molecule has 9 heteroatoms. The Kier molecular flexibility index (Phi) is 5.93. The third-order valence-corrected chi connectivity index (χ3v) is 3.06. The predicted molar refractivity (Wildman–Crippen MR) is 66.6 cm³/mol. The summed E-state index contributed by atoms with van der Waals surface area (Å²) in [5, 5.41) is 12.6. The molecule has 0 spiro atoms. The van der Waals surface area contributed by atoms with Crippen LogP contribution in [0.25, 0.3) is 0 Å². The van der Waals surface area contributed by atoms with Gasteiger partial charge in [-0.25, -0.2) is 4.98 Å². The highest BCUT2D eigenvalue weighted by Gasteiger charge is 2.28. The number of carbonyl (C=O) groups is 2. The van der Waals surface area contributed by atoms with Gasteiger partial charge in [-0.3, -0.25) is 9.59 Å². The number of amides is 1. The van der Waals surface area contributed by atoms with Gasteiger partial charge < -0.3 is 10.4 Å². The molecule has 20 heavy (non-hydrogen) atoms. The zero-order valence-electron chi connectivity index (χ0n) is 10.4. The molecule has 1 heterocycles. The van der Waals surface area contributed by atoms with E-state index in [0.29, 0.717) is 18.5 Å². The van der Waals surface area contributed by atoms with Crippen LogP contribution in [0, 0.1) is 0 Å². The van der Waals surface area contributed by atoms with Crippen LogP contribution in [0.2, 0.25) is 0 Å². The minimum atomic E-state index is -4.36. The summed E-state index contributed by atoms with van der Waals surface area (Å²) in [5.74, 6) is -1.64. The minimum absolute atomic E-state index is 0.0187. The van der Waals surface area contributed by atoms with E-state index in [1.165, 1.54) is 0 Å². The Morgan fingerprint density at radius 3 is 2.65 bits per heavy atom. The monoisotopic (exact) mass is 310 g/mol. The first-order valence-corrected chi connectivity index (χ1v) is 6.67. The second-order valence-electron chi connectivity index (χ2n) is 4.05. The van der Waals surface area contributed by atoms with E-state index < -0.39 is 30.9 Å². The van der Waals surface area contributed by atoms with Gasteiger partial charge in [-0.05, 0) is 12.8 Å². The lowest BCUT2D eigenvalue weighted by Gasteiger charge is -2.05. The summed E-state index contributed by atoms with van der Waals surface area (Å²) in [6.07, 6.45) is -5.29. The number of nitrogens with zero attached hydrogens (tertiary/aromatic N) is 1. The van der Waals surface area contributed by atoms with Gasteiger partial charge in [0.15, 0.2) is 5.13 Å². The Morgan fingerprint density at radius 2 is 2.05 bits per heavy atom. The maximum atomic E-state index is 11.9. The third-order valence-electron chi connectivity index (χ3n) is 2.26. The minimum Gasteiger partial charge on any atom is -0.481 e. The van der Waals surface area contributed by atoms with Crippen molar-refractivity contribution >= 4 is 28.3 Å². The Balaban J connectivity index is 2.36. The number of carboxylic acid groups (broad SMARTS) is 1. The Morgan fingerprint density at radius 1 is 1.35 bits per heavy atom. The van der Waals surface area contributed by atoms with Gasteiger partial charge in [0.05, 0.1) is 12.1 Å². The number of carbonyl (C=O) groups excluding carboxylic acids is 1. The van der Waals surface area contributed by atoms with Crippen molar-refractivity contribution in [1.82, 2.24) is 4.98 Å². The molecule has 0 saturated heterocycles. The van der Waals surface area contributed by atoms with Crippen molar-refractivity contribution in [3.63, 3.8) is 0 Å². The molecule has 0 bridgehead atoms. The molecule has 0 aromatic carbocycles. The van der Waals surface area contributed by atoms with Gasteiger partial charge in [0, 0.05) is 18.2 Å². The summed E-state index contributed by atoms with van der Waals surface area (Å²) in [5.41, 5.74) is 0.613. The Bertz CT molecular complexity index is 474. The van der Waals surface area contributed by atoms with Crippen molar-refractivity contribution in [2.45, 2.75) is 38.3 Å². The van der Waals surface area contributed by atoms with E-state index in [1.54, 1.807) is 5.38 Å². The predicted octanol–water partition coefficient (Wildman–Crippen LogP) is 2.83. The van der Waals surface area contributed by atoms with Crippen LogP contribution in [0.1, 0.15) is 31.4 Å². The second-order valence-corrected chi connectivity index (χ2v) is 4.91. The number of hydrogen-bond acceptors (Lipinski definition) is 4. The number of aromatic nitrogens is 1. The fraction of sp³-hybridized carbons (Fsp3) is 0.545. The molecule has 0 aliphatic heterocycles. The number of aryl methyl sites for hydroxylation is 1. The number of halogens is 3. The Hall–Kier alpha value is -1.64. The van der Waals surface area contributed by atoms with E-state index in [0.717, 1.165) is 11.3 Å². The van der Waals surface area contributed by atoms with Crippen molar-refractivity contribution < 1.29 is 27.9 Å². The van der Waals surface area contributed by atoms with Crippen molar-refractivity contribution in [3.05, 3.63) is 11.1 Å². The van der Waals surface area contributed by atoms with E-state index >= 15 is 0 Å². The van der Waals surface area contributed by atoms with Crippen LogP contribution in [-0.2, 0) is 16.0 Å². The van der Waals surface area contributed by atoms with Crippen LogP contribution in [0.15, 0.2) is 5.38 Å². The maximum Gasteiger partial charge on any atom is 0.389 e. The van der Waals surface area contributed by atoms with Crippen LogP contribution in [0.4, 0.5) is 18.3 Å². The van der Waals surface area contributed by atoms with Crippen LogP contribution in [0.3, 0.4) is 0 Å². The summed E-state index contributed by atoms with van der Waals surface area (Å²) in [6, 6.07) is 0. The molecule has 0 aliphatic carbocycles. The first-order chi connectivity index (χ1) is 9.26. The summed E-state index contributed by atoms with van der Waals surface area (Å²) in [6.45, 7) is 0. The zero-order chi connectivity index (χ0) is 15.2. The van der Waals surface area contributed by atoms with Gasteiger partial charge in [0.25, 0.3) is 0 Å². The zero-order valence-corrected chi connectivity index (χ0v) is 11.2. The molecule has 1 aromatic rings. The number of aliphatic carboxylic acids is 1. The van der Waals surface area contributed by atoms with Crippen molar-refractivity contribution in [2.75, 3.05) is 5.32 Å². The van der Waals surface area contributed by atoms with Crippen LogP contribution < -0.4 is 5.32 Å². The highest BCUT2D eigenvalue weighted by molar-refractivity contribution is 7.13. The molecule has 0 saturated carbocycles. The normalized spacial score (nSPS) is 11.3. The fourth-order valence-electron chi connectivity index (χ4n) is 1.34. The second kappa shape index (κ2) is 7.22. The lowest BCUT2D eigenvalue weighted by Crippen LogP contribution is -2.16. The molecule has 0 radical (unpaired) electrons. The number of nitrogens with one attached hydrogen (secondary N) is 1. The van der Waals surface area contributed by atoms with Gasteiger partial charge >= 0.3 is 12.1 Å².